The zero-order valence-corrected chi connectivity index (χ0v) is 13.3. The van der Waals surface area contributed by atoms with Gasteiger partial charge in [-0.15, -0.1) is 0 Å². The molecule has 0 aromatic heterocycles. The third-order valence-electron chi connectivity index (χ3n) is 1.82. The van der Waals surface area contributed by atoms with Gasteiger partial charge in [0.15, 0.2) is 0 Å². The minimum atomic E-state index is 0. The summed E-state index contributed by atoms with van der Waals surface area (Å²) in [5.41, 5.74) is 0. The molecule has 0 aliphatic heterocycles. The second kappa shape index (κ2) is 18.7. The molecule has 0 aromatic carbocycles. The molecule has 12 heavy (non-hydrogen) atoms. The molecule has 0 aromatic rings. The second-order valence-electron chi connectivity index (χ2n) is 2.63. The molecule has 4 heteroatoms. The Kier molecular flexibility index (Phi) is 30.5. The number of hydrogen-bond acceptors (Lipinski definition) is 0. The predicted octanol–water partition coefficient (Wildman–Crippen LogP) is -2.21. The Morgan fingerprint density at radius 3 is 1.58 bits per heavy atom. The second-order valence-corrected chi connectivity index (χ2v) is 2.63. The van der Waals surface area contributed by atoms with E-state index in [-0.39, 0.29) is 31.3 Å². The number of halogens is 2. The zero-order valence-electron chi connectivity index (χ0n) is 7.99. The summed E-state index contributed by atoms with van der Waals surface area (Å²) in [7, 11) is 0. The molecule has 64 valence electrons. The first-order chi connectivity index (χ1) is 5.00. The molecule has 1 fully saturated rings. The van der Waals surface area contributed by atoms with Gasteiger partial charge in [-0.3, -0.25) is 0 Å². The standard InChI is InChI=1S/C8H15.BrH.ClH.Li.Zn/c1-2-4-6-8-7-5-3-1;;;;/h1H,2-8H2;2*1H;;/q-1;;;+1;+2/p-2. The van der Waals surface area contributed by atoms with E-state index in [1.165, 1.54) is 61.3 Å². The van der Waals surface area contributed by atoms with Gasteiger partial charge in [-0.2, -0.15) is 12.8 Å². The molecule has 0 radical (unpaired) electrons. The first-order valence-electron chi connectivity index (χ1n) is 4.08. The van der Waals surface area contributed by atoms with Crippen LogP contribution in [0.3, 0.4) is 0 Å². The van der Waals surface area contributed by atoms with Crippen molar-refractivity contribution in [3.63, 3.8) is 0 Å². The minimum absolute atomic E-state index is 0. The van der Waals surface area contributed by atoms with E-state index in [9.17, 15) is 0 Å². The summed E-state index contributed by atoms with van der Waals surface area (Å²) in [6, 6.07) is 0. The van der Waals surface area contributed by atoms with Gasteiger partial charge >= 0.3 is 48.8 Å². The summed E-state index contributed by atoms with van der Waals surface area (Å²) in [4.78, 5) is 0. The van der Waals surface area contributed by atoms with E-state index in [0.717, 1.165) is 0 Å². The normalized spacial score (nSPS) is 16.6. The Bertz CT molecular complexity index is 43.0. The van der Waals surface area contributed by atoms with E-state index in [1.54, 1.807) is 0 Å². The number of hydrogen-bond donors (Lipinski definition) is 0. The van der Waals surface area contributed by atoms with Gasteiger partial charge in [0.25, 0.3) is 0 Å². The van der Waals surface area contributed by atoms with E-state index < -0.39 is 0 Å². The quantitative estimate of drug-likeness (QED) is 0.351. The summed E-state index contributed by atoms with van der Waals surface area (Å²) in [5.74, 6) is 0. The predicted molar refractivity (Wildman–Crippen MR) is 45.5 cm³/mol. The van der Waals surface area contributed by atoms with E-state index in [2.05, 4.69) is 20.0 Å². The van der Waals surface area contributed by atoms with Crippen LogP contribution in [-0.4, -0.2) is 0 Å². The van der Waals surface area contributed by atoms with Gasteiger partial charge in [0.05, 0.1) is 0 Å². The molecule has 0 atom stereocenters. The van der Waals surface area contributed by atoms with Gasteiger partial charge < -0.3 is 18.8 Å². The van der Waals surface area contributed by atoms with Crippen LogP contribution in [0, 0.1) is 6.42 Å². The Hall–Kier alpha value is 1.99. The molecule has 1 aliphatic rings. The van der Waals surface area contributed by atoms with Gasteiger partial charge in [0, 0.05) is 0 Å². The van der Waals surface area contributed by atoms with Gasteiger partial charge in [0.2, 0.25) is 0 Å². The SMILES string of the molecule is [CH-]1CCCCCCC1.[Cl-].[Li+].[Zn+][Br]. The molecule has 0 heterocycles. The summed E-state index contributed by atoms with van der Waals surface area (Å²) in [6.07, 6.45) is 12.5. The molecule has 0 bridgehead atoms. The molecule has 1 saturated carbocycles. The summed E-state index contributed by atoms with van der Waals surface area (Å²) in [6.45, 7) is 0. The van der Waals surface area contributed by atoms with Crippen molar-refractivity contribution in [2.45, 2.75) is 44.9 Å². The van der Waals surface area contributed by atoms with Crippen LogP contribution >= 0.6 is 13.6 Å². The van der Waals surface area contributed by atoms with Crippen LogP contribution in [-0.2, 0) is 16.3 Å². The molecule has 1 aliphatic carbocycles. The first-order valence-corrected chi connectivity index (χ1v) is 11.0. The van der Waals surface area contributed by atoms with Crippen LogP contribution in [0.1, 0.15) is 44.9 Å². The zero-order chi connectivity index (χ0) is 7.66. The molecule has 0 spiro atoms. The van der Waals surface area contributed by atoms with Gasteiger partial charge in [-0.1, -0.05) is 32.1 Å². The van der Waals surface area contributed by atoms with E-state index >= 15 is 0 Å². The first kappa shape index (κ1) is 19.5. The fourth-order valence-corrected chi connectivity index (χ4v) is 1.25. The maximum absolute atomic E-state index is 3.06. The third-order valence-corrected chi connectivity index (χ3v) is 1.82. The number of rotatable bonds is 0. The third kappa shape index (κ3) is 14.5. The van der Waals surface area contributed by atoms with Crippen LogP contribution in [0.4, 0.5) is 0 Å². The summed E-state index contributed by atoms with van der Waals surface area (Å²) in [5, 5.41) is 0. The average molecular weight is 299 g/mol. The summed E-state index contributed by atoms with van der Waals surface area (Å²) < 4.78 is 0. The molecule has 0 unspecified atom stereocenters. The van der Waals surface area contributed by atoms with Crippen LogP contribution in [0.5, 0.6) is 0 Å². The Balaban J connectivity index is -0.000000189. The molecule has 0 nitrogen and oxygen atoms in total. The van der Waals surface area contributed by atoms with Gasteiger partial charge in [-0.05, 0) is 0 Å². The molecular formula is C8H15BrClLiZn. The van der Waals surface area contributed by atoms with Crippen molar-refractivity contribution >= 4 is 13.6 Å². The fraction of sp³-hybridized carbons (Fsp3) is 0.875. The fourth-order valence-electron chi connectivity index (χ4n) is 1.25. The van der Waals surface area contributed by atoms with Crippen LogP contribution < -0.4 is 31.3 Å². The molecule has 0 N–H and O–H groups in total. The average Bonchev–Trinajstić information content (AvgIpc) is 1.90. The van der Waals surface area contributed by atoms with Gasteiger partial charge in [0.1, 0.15) is 0 Å². The van der Waals surface area contributed by atoms with Crippen molar-refractivity contribution in [3.05, 3.63) is 6.42 Å². The monoisotopic (exact) mass is 296 g/mol. The Morgan fingerprint density at radius 1 is 0.833 bits per heavy atom. The van der Waals surface area contributed by atoms with Gasteiger partial charge in [-0.25, -0.2) is 0 Å². The molecule has 1 rings (SSSR count). The van der Waals surface area contributed by atoms with E-state index in [1.807, 2.05) is 0 Å². The summed E-state index contributed by atoms with van der Waals surface area (Å²) >= 11 is 4.25. The van der Waals surface area contributed by atoms with Crippen LogP contribution in [0.2, 0.25) is 0 Å². The topological polar surface area (TPSA) is 0 Å². The van der Waals surface area contributed by atoms with E-state index in [0.29, 0.717) is 0 Å². The maximum atomic E-state index is 3.06. The van der Waals surface area contributed by atoms with Crippen molar-refractivity contribution < 1.29 is 47.6 Å². The van der Waals surface area contributed by atoms with Crippen molar-refractivity contribution in [2.24, 2.45) is 0 Å². The van der Waals surface area contributed by atoms with Crippen LogP contribution in [0.15, 0.2) is 0 Å². The van der Waals surface area contributed by atoms with Crippen LogP contribution in [0.25, 0.3) is 0 Å². The van der Waals surface area contributed by atoms with Crippen molar-refractivity contribution in [1.29, 1.82) is 0 Å². The van der Waals surface area contributed by atoms with Crippen molar-refractivity contribution in [1.82, 2.24) is 0 Å². The molecular weight excluding hydrogens is 284 g/mol. The van der Waals surface area contributed by atoms with Crippen molar-refractivity contribution in [2.75, 3.05) is 0 Å². The molecule has 0 saturated heterocycles. The van der Waals surface area contributed by atoms with E-state index in [4.69, 9.17) is 0 Å². The molecule has 0 amide bonds. The van der Waals surface area contributed by atoms with Crippen molar-refractivity contribution in [3.8, 4) is 0 Å². The Labute approximate surface area is 112 Å². The Morgan fingerprint density at radius 2 is 1.17 bits per heavy atom.